The van der Waals surface area contributed by atoms with E-state index in [1.807, 2.05) is 20.8 Å². The van der Waals surface area contributed by atoms with Gasteiger partial charge in [-0.15, -0.1) is 0 Å². The van der Waals surface area contributed by atoms with Gasteiger partial charge < -0.3 is 15.5 Å². The predicted octanol–water partition coefficient (Wildman–Crippen LogP) is 1.72. The fourth-order valence-electron chi connectivity index (χ4n) is 2.81. The summed E-state index contributed by atoms with van der Waals surface area (Å²) in [4.78, 5) is 6.86. The van der Waals surface area contributed by atoms with E-state index in [0.29, 0.717) is 25.1 Å². The van der Waals surface area contributed by atoms with Crippen LogP contribution in [0, 0.1) is 0 Å². The van der Waals surface area contributed by atoms with Crippen LogP contribution in [0.5, 0.6) is 0 Å². The molecule has 1 atom stereocenters. The van der Waals surface area contributed by atoms with Crippen LogP contribution in [0.2, 0.25) is 0 Å². The molecule has 0 rings (SSSR count). The number of sulfonamides is 1. The van der Waals surface area contributed by atoms with Crippen molar-refractivity contribution in [2.45, 2.75) is 60.4 Å². The number of hydrogen-bond donors (Lipinski definition) is 2. The molecule has 0 aromatic rings. The van der Waals surface area contributed by atoms with Gasteiger partial charge in [0.05, 0.1) is 12.3 Å². The SMILES string of the molecule is CCNC(=NCCS(=O)(=O)N(CC)CC)NC(C)CCCN(CC)CC. The highest BCUT2D eigenvalue weighted by molar-refractivity contribution is 7.89. The van der Waals surface area contributed by atoms with Crippen LogP contribution in [0.25, 0.3) is 0 Å². The molecule has 0 aromatic carbocycles. The van der Waals surface area contributed by atoms with Crippen molar-refractivity contribution in [1.29, 1.82) is 0 Å². The lowest BCUT2D eigenvalue weighted by Gasteiger charge is -2.21. The number of guanidine groups is 1. The Bertz CT molecular complexity index is 474. The Hall–Kier alpha value is -0.860. The van der Waals surface area contributed by atoms with Crippen LogP contribution in [0.15, 0.2) is 4.99 Å². The Labute approximate surface area is 161 Å². The van der Waals surface area contributed by atoms with Crippen molar-refractivity contribution in [2.75, 3.05) is 51.6 Å². The third kappa shape index (κ3) is 10.3. The summed E-state index contributed by atoms with van der Waals surface area (Å²) in [6.07, 6.45) is 2.18. The molecule has 0 saturated heterocycles. The van der Waals surface area contributed by atoms with E-state index in [9.17, 15) is 8.42 Å². The van der Waals surface area contributed by atoms with Crippen LogP contribution < -0.4 is 10.6 Å². The minimum Gasteiger partial charge on any atom is -0.357 e. The third-order valence-corrected chi connectivity index (χ3v) is 6.45. The first-order chi connectivity index (χ1) is 12.3. The van der Waals surface area contributed by atoms with Gasteiger partial charge >= 0.3 is 0 Å². The number of rotatable bonds is 14. The Morgan fingerprint density at radius 3 is 2.15 bits per heavy atom. The molecule has 0 radical (unpaired) electrons. The third-order valence-electron chi connectivity index (χ3n) is 4.45. The van der Waals surface area contributed by atoms with Crippen molar-refractivity contribution >= 4 is 16.0 Å². The summed E-state index contributed by atoms with van der Waals surface area (Å²) in [7, 11) is -3.23. The van der Waals surface area contributed by atoms with Crippen LogP contribution in [0.1, 0.15) is 54.4 Å². The van der Waals surface area contributed by atoms with E-state index in [0.717, 1.165) is 39.0 Å². The number of nitrogens with zero attached hydrogens (tertiary/aromatic N) is 3. The first-order valence-corrected chi connectivity index (χ1v) is 11.7. The van der Waals surface area contributed by atoms with Gasteiger partial charge in [-0.3, -0.25) is 4.99 Å². The van der Waals surface area contributed by atoms with Gasteiger partial charge in [-0.1, -0.05) is 27.7 Å². The molecule has 0 aliphatic rings. The fourth-order valence-corrected chi connectivity index (χ4v) is 4.17. The molecule has 0 aromatic heterocycles. The topological polar surface area (TPSA) is 77.0 Å². The monoisotopic (exact) mass is 391 g/mol. The van der Waals surface area contributed by atoms with E-state index < -0.39 is 10.0 Å². The summed E-state index contributed by atoms with van der Waals surface area (Å²) < 4.78 is 25.9. The number of hydrogen-bond acceptors (Lipinski definition) is 4. The minimum absolute atomic E-state index is 0.0432. The van der Waals surface area contributed by atoms with Crippen LogP contribution >= 0.6 is 0 Å². The van der Waals surface area contributed by atoms with Crippen LogP contribution in [-0.4, -0.2) is 81.2 Å². The zero-order valence-corrected chi connectivity index (χ0v) is 18.5. The zero-order chi connectivity index (χ0) is 20.0. The average molecular weight is 392 g/mol. The van der Waals surface area contributed by atoms with Gasteiger partial charge in [0.25, 0.3) is 0 Å². The van der Waals surface area contributed by atoms with Crippen molar-refractivity contribution in [3.8, 4) is 0 Å². The van der Waals surface area contributed by atoms with E-state index >= 15 is 0 Å². The van der Waals surface area contributed by atoms with E-state index in [-0.39, 0.29) is 12.3 Å². The standard InChI is InChI=1S/C18H41N5O2S/c1-7-19-18(20-14-16-26(24,25)23(10-4)11-5)21-17(6)13-12-15-22(8-2)9-3/h17H,7-16H2,1-6H3,(H2,19,20,21). The highest BCUT2D eigenvalue weighted by Crippen LogP contribution is 2.02. The van der Waals surface area contributed by atoms with E-state index in [2.05, 4.69) is 41.3 Å². The van der Waals surface area contributed by atoms with Crippen molar-refractivity contribution in [1.82, 2.24) is 19.8 Å². The Morgan fingerprint density at radius 1 is 1.04 bits per heavy atom. The van der Waals surface area contributed by atoms with Gasteiger partial charge in [0.2, 0.25) is 10.0 Å². The van der Waals surface area contributed by atoms with Crippen LogP contribution in [0.3, 0.4) is 0 Å². The first-order valence-electron chi connectivity index (χ1n) is 10.1. The molecule has 0 amide bonds. The highest BCUT2D eigenvalue weighted by atomic mass is 32.2. The molecule has 156 valence electrons. The fraction of sp³-hybridized carbons (Fsp3) is 0.944. The van der Waals surface area contributed by atoms with E-state index in [4.69, 9.17) is 0 Å². The molecule has 26 heavy (non-hydrogen) atoms. The summed E-state index contributed by atoms with van der Waals surface area (Å²) in [6.45, 7) is 17.5. The summed E-state index contributed by atoms with van der Waals surface area (Å²) >= 11 is 0. The van der Waals surface area contributed by atoms with Crippen molar-refractivity contribution in [2.24, 2.45) is 4.99 Å². The van der Waals surface area contributed by atoms with Crippen molar-refractivity contribution in [3.05, 3.63) is 0 Å². The van der Waals surface area contributed by atoms with Gasteiger partial charge in [0.15, 0.2) is 5.96 Å². The molecule has 0 bridgehead atoms. The second kappa shape index (κ2) is 14.2. The smallest absolute Gasteiger partial charge is 0.215 e. The molecular weight excluding hydrogens is 350 g/mol. The maximum absolute atomic E-state index is 12.2. The van der Waals surface area contributed by atoms with E-state index in [1.54, 1.807) is 0 Å². The second-order valence-electron chi connectivity index (χ2n) is 6.38. The Morgan fingerprint density at radius 2 is 1.65 bits per heavy atom. The van der Waals surface area contributed by atoms with Gasteiger partial charge in [0, 0.05) is 25.7 Å². The number of nitrogens with one attached hydrogen (secondary N) is 2. The maximum Gasteiger partial charge on any atom is 0.215 e. The largest absolute Gasteiger partial charge is 0.357 e. The first kappa shape index (κ1) is 25.1. The molecule has 1 unspecified atom stereocenters. The van der Waals surface area contributed by atoms with Crippen LogP contribution in [-0.2, 0) is 10.0 Å². The van der Waals surface area contributed by atoms with Gasteiger partial charge in [-0.2, -0.15) is 0 Å². The Balaban J connectivity index is 4.51. The number of aliphatic imine (C=N–C) groups is 1. The molecule has 0 spiro atoms. The molecule has 0 aliphatic heterocycles. The van der Waals surface area contributed by atoms with Crippen molar-refractivity contribution in [3.63, 3.8) is 0 Å². The summed E-state index contributed by atoms with van der Waals surface area (Å²) in [5, 5.41) is 6.58. The Kier molecular flexibility index (Phi) is 13.8. The molecular formula is C18H41N5O2S. The van der Waals surface area contributed by atoms with Gasteiger partial charge in [-0.05, 0) is 46.3 Å². The molecule has 8 heteroatoms. The van der Waals surface area contributed by atoms with E-state index in [1.165, 1.54) is 4.31 Å². The highest BCUT2D eigenvalue weighted by Gasteiger charge is 2.18. The molecule has 0 aliphatic carbocycles. The maximum atomic E-state index is 12.2. The molecule has 0 saturated carbocycles. The lowest BCUT2D eigenvalue weighted by molar-refractivity contribution is 0.292. The lowest BCUT2D eigenvalue weighted by Crippen LogP contribution is -2.43. The normalized spacial score (nSPS) is 14.1. The zero-order valence-electron chi connectivity index (χ0n) is 17.7. The van der Waals surface area contributed by atoms with Crippen molar-refractivity contribution < 1.29 is 8.42 Å². The lowest BCUT2D eigenvalue weighted by atomic mass is 10.2. The minimum atomic E-state index is -3.23. The summed E-state index contributed by atoms with van der Waals surface area (Å²) in [6, 6.07) is 0.294. The summed E-state index contributed by atoms with van der Waals surface area (Å²) in [5.41, 5.74) is 0. The molecule has 0 heterocycles. The summed E-state index contributed by atoms with van der Waals surface area (Å²) in [5.74, 6) is 0.735. The molecule has 2 N–H and O–H groups in total. The van der Waals surface area contributed by atoms with Gasteiger partial charge in [-0.25, -0.2) is 12.7 Å². The molecule has 7 nitrogen and oxygen atoms in total. The average Bonchev–Trinajstić information content (AvgIpc) is 2.59. The second-order valence-corrected chi connectivity index (χ2v) is 8.46. The predicted molar refractivity (Wildman–Crippen MR) is 112 cm³/mol. The van der Waals surface area contributed by atoms with Crippen LogP contribution in [0.4, 0.5) is 0 Å². The quantitative estimate of drug-likeness (QED) is 0.348. The van der Waals surface area contributed by atoms with Gasteiger partial charge in [0.1, 0.15) is 0 Å². The molecule has 0 fully saturated rings.